The van der Waals surface area contributed by atoms with Crippen LogP contribution in [0.25, 0.3) is 0 Å². The third-order valence-corrected chi connectivity index (χ3v) is 0.339. The SMILES string of the molecule is C#CCC([CH2])F. The second kappa shape index (κ2) is 2.71. The van der Waals surface area contributed by atoms with Crippen LogP contribution < -0.4 is 0 Å². The third-order valence-electron chi connectivity index (χ3n) is 0.339. The van der Waals surface area contributed by atoms with Crippen molar-refractivity contribution in [3.8, 4) is 12.3 Å². The van der Waals surface area contributed by atoms with Gasteiger partial charge in [-0.1, -0.05) is 0 Å². The van der Waals surface area contributed by atoms with Gasteiger partial charge in [0.05, 0.1) is 0 Å². The molecule has 1 atom stereocenters. The smallest absolute Gasteiger partial charge is 0.111 e. The molecule has 1 radical (unpaired) electrons. The van der Waals surface area contributed by atoms with Crippen LogP contribution in [0.3, 0.4) is 0 Å². The quantitative estimate of drug-likeness (QED) is 0.419. The molecule has 0 aromatic rings. The zero-order chi connectivity index (χ0) is 4.99. The molecule has 0 rings (SSSR count). The van der Waals surface area contributed by atoms with Gasteiger partial charge in [-0.3, -0.25) is 0 Å². The average molecular weight is 85.1 g/mol. The summed E-state index contributed by atoms with van der Waals surface area (Å²) in [5.41, 5.74) is 0. The Hall–Kier alpha value is -0.510. The molecule has 0 amide bonds. The fourth-order valence-electron chi connectivity index (χ4n) is 0.128. The lowest BCUT2D eigenvalue weighted by Gasteiger charge is -1.85. The van der Waals surface area contributed by atoms with E-state index in [9.17, 15) is 4.39 Å². The van der Waals surface area contributed by atoms with Gasteiger partial charge in [-0.25, -0.2) is 4.39 Å². The van der Waals surface area contributed by atoms with Gasteiger partial charge < -0.3 is 0 Å². The van der Waals surface area contributed by atoms with Crippen molar-refractivity contribution < 1.29 is 4.39 Å². The van der Waals surface area contributed by atoms with Crippen molar-refractivity contribution in [2.45, 2.75) is 12.6 Å². The van der Waals surface area contributed by atoms with E-state index in [-0.39, 0.29) is 6.42 Å². The van der Waals surface area contributed by atoms with Gasteiger partial charge in [0.1, 0.15) is 6.17 Å². The molecule has 1 heteroatoms. The van der Waals surface area contributed by atoms with Crippen LogP contribution in [0.2, 0.25) is 0 Å². The normalized spacial score (nSPS) is 12.8. The van der Waals surface area contributed by atoms with Gasteiger partial charge in [0, 0.05) is 6.42 Å². The largest absolute Gasteiger partial charge is 0.246 e. The predicted octanol–water partition coefficient (Wildman–Crippen LogP) is 1.18. The lowest BCUT2D eigenvalue weighted by Crippen LogP contribution is -1.86. The Kier molecular flexibility index (Phi) is 2.48. The molecule has 0 saturated heterocycles. The van der Waals surface area contributed by atoms with E-state index in [1.807, 2.05) is 0 Å². The molecular weight excluding hydrogens is 79.1 g/mol. The van der Waals surface area contributed by atoms with Crippen molar-refractivity contribution in [3.05, 3.63) is 6.92 Å². The van der Waals surface area contributed by atoms with E-state index in [1.165, 1.54) is 0 Å². The van der Waals surface area contributed by atoms with Gasteiger partial charge in [0.25, 0.3) is 0 Å². The summed E-state index contributed by atoms with van der Waals surface area (Å²) in [5, 5.41) is 0. The minimum atomic E-state index is -1.09. The van der Waals surface area contributed by atoms with E-state index in [0.29, 0.717) is 0 Å². The molecule has 0 bridgehead atoms. The van der Waals surface area contributed by atoms with Gasteiger partial charge in [0.2, 0.25) is 0 Å². The number of rotatable bonds is 1. The number of hydrogen-bond acceptors (Lipinski definition) is 0. The summed E-state index contributed by atoms with van der Waals surface area (Å²) in [4.78, 5) is 0. The maximum atomic E-state index is 11.4. The Bertz CT molecular complexity index is 58.8. The van der Waals surface area contributed by atoms with E-state index < -0.39 is 6.17 Å². The van der Waals surface area contributed by atoms with Crippen LogP contribution in [-0.4, -0.2) is 6.17 Å². The third kappa shape index (κ3) is 3.49. The average Bonchev–Trinajstić information content (AvgIpc) is 1.35. The first-order chi connectivity index (χ1) is 2.77. The second-order valence-electron chi connectivity index (χ2n) is 1.01. The zero-order valence-corrected chi connectivity index (χ0v) is 3.45. The summed E-state index contributed by atoms with van der Waals surface area (Å²) in [7, 11) is 0. The van der Waals surface area contributed by atoms with Gasteiger partial charge in [-0.05, 0) is 6.92 Å². The van der Waals surface area contributed by atoms with E-state index in [4.69, 9.17) is 6.42 Å². The molecule has 0 heterocycles. The molecule has 33 valence electrons. The van der Waals surface area contributed by atoms with E-state index in [2.05, 4.69) is 12.8 Å². The first kappa shape index (κ1) is 5.49. The summed E-state index contributed by atoms with van der Waals surface area (Å²) in [6.07, 6.45) is 3.74. The Labute approximate surface area is 37.4 Å². The highest BCUT2D eigenvalue weighted by molar-refractivity contribution is 4.87. The molecule has 0 aliphatic rings. The highest BCUT2D eigenvalue weighted by Gasteiger charge is 1.88. The summed E-state index contributed by atoms with van der Waals surface area (Å²) in [6, 6.07) is 0. The first-order valence-corrected chi connectivity index (χ1v) is 1.68. The fourth-order valence-corrected chi connectivity index (χ4v) is 0.128. The molecule has 0 nitrogen and oxygen atoms in total. The first-order valence-electron chi connectivity index (χ1n) is 1.68. The molecular formula is C5H6F. The molecule has 0 N–H and O–H groups in total. The van der Waals surface area contributed by atoms with Crippen molar-refractivity contribution in [2.24, 2.45) is 0 Å². The molecule has 6 heavy (non-hydrogen) atoms. The van der Waals surface area contributed by atoms with Crippen molar-refractivity contribution >= 4 is 0 Å². The highest BCUT2D eigenvalue weighted by Crippen LogP contribution is 1.89. The second-order valence-corrected chi connectivity index (χ2v) is 1.01. The topological polar surface area (TPSA) is 0 Å². The van der Waals surface area contributed by atoms with E-state index in [1.54, 1.807) is 0 Å². The van der Waals surface area contributed by atoms with Crippen molar-refractivity contribution in [1.29, 1.82) is 0 Å². The van der Waals surface area contributed by atoms with Crippen molar-refractivity contribution in [3.63, 3.8) is 0 Å². The Balaban J connectivity index is 2.88. The number of alkyl halides is 1. The molecule has 0 spiro atoms. The lowest BCUT2D eigenvalue weighted by atomic mass is 10.3. The minimum Gasteiger partial charge on any atom is -0.246 e. The van der Waals surface area contributed by atoms with Crippen LogP contribution in [0, 0.1) is 19.3 Å². The standard InChI is InChI=1S/C5H6F/c1-3-4-5(2)6/h1,5H,2,4H2. The van der Waals surface area contributed by atoms with Crippen LogP contribution in [0.4, 0.5) is 4.39 Å². The van der Waals surface area contributed by atoms with Crippen LogP contribution in [-0.2, 0) is 0 Å². The predicted molar refractivity (Wildman–Crippen MR) is 23.7 cm³/mol. The summed E-state index contributed by atoms with van der Waals surface area (Å²) in [5.74, 6) is 2.13. The van der Waals surface area contributed by atoms with Gasteiger partial charge >= 0.3 is 0 Å². The molecule has 0 aliphatic carbocycles. The molecule has 0 aromatic carbocycles. The van der Waals surface area contributed by atoms with Gasteiger partial charge in [-0.2, -0.15) is 0 Å². The summed E-state index contributed by atoms with van der Waals surface area (Å²) in [6.45, 7) is 3.02. The van der Waals surface area contributed by atoms with Gasteiger partial charge in [0.15, 0.2) is 0 Å². The lowest BCUT2D eigenvalue weighted by molar-refractivity contribution is 0.405. The molecule has 1 unspecified atom stereocenters. The molecule has 0 aromatic heterocycles. The highest BCUT2D eigenvalue weighted by atomic mass is 19.1. The zero-order valence-electron chi connectivity index (χ0n) is 3.45. The maximum absolute atomic E-state index is 11.4. The van der Waals surface area contributed by atoms with Crippen molar-refractivity contribution in [1.82, 2.24) is 0 Å². The van der Waals surface area contributed by atoms with Crippen LogP contribution in [0.1, 0.15) is 6.42 Å². The number of hydrogen-bond donors (Lipinski definition) is 0. The molecule has 0 aliphatic heterocycles. The maximum Gasteiger partial charge on any atom is 0.111 e. The number of terminal acetylenes is 1. The minimum absolute atomic E-state index is 0.125. The molecule has 0 fully saturated rings. The van der Waals surface area contributed by atoms with Crippen LogP contribution in [0.5, 0.6) is 0 Å². The number of halogens is 1. The van der Waals surface area contributed by atoms with Gasteiger partial charge in [-0.15, -0.1) is 12.3 Å². The van der Waals surface area contributed by atoms with Crippen LogP contribution in [0.15, 0.2) is 0 Å². The Morgan fingerprint density at radius 2 is 2.50 bits per heavy atom. The van der Waals surface area contributed by atoms with Crippen LogP contribution >= 0.6 is 0 Å². The summed E-state index contributed by atoms with van der Waals surface area (Å²) < 4.78 is 11.4. The Morgan fingerprint density at radius 1 is 2.00 bits per heavy atom. The Morgan fingerprint density at radius 3 is 2.50 bits per heavy atom. The van der Waals surface area contributed by atoms with Crippen molar-refractivity contribution in [2.75, 3.05) is 0 Å². The van der Waals surface area contributed by atoms with E-state index in [0.717, 1.165) is 0 Å². The fraction of sp³-hybridized carbons (Fsp3) is 0.400. The monoisotopic (exact) mass is 85.0 g/mol. The van der Waals surface area contributed by atoms with E-state index >= 15 is 0 Å². The molecule has 0 saturated carbocycles. The summed E-state index contributed by atoms with van der Waals surface area (Å²) >= 11 is 0.